The van der Waals surface area contributed by atoms with Crippen molar-refractivity contribution in [3.05, 3.63) is 33.9 Å². The molecular weight excluding hydrogens is 262 g/mol. The van der Waals surface area contributed by atoms with E-state index in [9.17, 15) is 20.0 Å². The molecule has 0 aliphatic heterocycles. The zero-order valence-corrected chi connectivity index (χ0v) is 11.8. The maximum Gasteiger partial charge on any atom is 0.292 e. The van der Waals surface area contributed by atoms with E-state index in [1.807, 2.05) is 0 Å². The fourth-order valence-corrected chi connectivity index (χ4v) is 1.84. The number of carbonyl (C=O) groups is 1. The Labute approximate surface area is 117 Å². The van der Waals surface area contributed by atoms with Crippen molar-refractivity contribution in [2.45, 2.75) is 32.7 Å². The van der Waals surface area contributed by atoms with Crippen molar-refractivity contribution in [1.82, 2.24) is 4.90 Å². The number of hydrogen-bond acceptors (Lipinski definition) is 5. The molecule has 0 saturated carbocycles. The molecule has 2 N–H and O–H groups in total. The minimum Gasteiger partial charge on any atom is -0.530 e. The maximum atomic E-state index is 11.1. The maximum absolute atomic E-state index is 11.1. The number of nitro groups is 1. The van der Waals surface area contributed by atoms with Gasteiger partial charge in [-0.2, -0.15) is 0 Å². The van der Waals surface area contributed by atoms with Crippen molar-refractivity contribution in [2.24, 2.45) is 0 Å². The molecule has 1 amide bonds. The molecule has 0 aromatic heterocycles. The zero-order chi connectivity index (χ0) is 15.5. The minimum absolute atomic E-state index is 0.0892. The summed E-state index contributed by atoms with van der Waals surface area (Å²) in [6, 6.07) is 4.47. The zero-order valence-electron chi connectivity index (χ0n) is 11.8. The molecule has 1 aromatic carbocycles. The summed E-state index contributed by atoms with van der Waals surface area (Å²) in [6.45, 7) is 5.48. The Morgan fingerprint density at radius 1 is 1.40 bits per heavy atom. The van der Waals surface area contributed by atoms with Crippen LogP contribution in [0.2, 0.25) is 0 Å². The van der Waals surface area contributed by atoms with Gasteiger partial charge in [-0.05, 0) is 38.8 Å². The summed E-state index contributed by atoms with van der Waals surface area (Å²) in [4.78, 5) is 22.5. The average Bonchev–Trinajstić information content (AvgIpc) is 2.28. The van der Waals surface area contributed by atoms with Gasteiger partial charge in [0, 0.05) is 18.2 Å². The van der Waals surface area contributed by atoms with Gasteiger partial charge in [0.05, 0.1) is 4.92 Å². The van der Waals surface area contributed by atoms with Crippen LogP contribution in [-0.2, 0) is 6.42 Å². The van der Waals surface area contributed by atoms with Crippen LogP contribution < -0.4 is 10.8 Å². The number of nitro benzene ring substituents is 1. The number of anilines is 1. The van der Waals surface area contributed by atoms with Crippen LogP contribution >= 0.6 is 0 Å². The second-order valence-electron chi connectivity index (χ2n) is 5.49. The van der Waals surface area contributed by atoms with Gasteiger partial charge in [-0.25, -0.2) is 0 Å². The number of nitrogens with zero attached hydrogens (tertiary/aromatic N) is 2. The molecule has 0 bridgehead atoms. The van der Waals surface area contributed by atoms with Gasteiger partial charge in [0.2, 0.25) is 0 Å². The van der Waals surface area contributed by atoms with Crippen molar-refractivity contribution >= 4 is 17.5 Å². The van der Waals surface area contributed by atoms with Gasteiger partial charge in [0.1, 0.15) is 11.8 Å². The first-order chi connectivity index (χ1) is 9.12. The van der Waals surface area contributed by atoms with E-state index in [1.165, 1.54) is 17.0 Å². The fourth-order valence-electron chi connectivity index (χ4n) is 1.84. The van der Waals surface area contributed by atoms with E-state index >= 15 is 0 Å². The summed E-state index contributed by atoms with van der Waals surface area (Å²) >= 11 is 0. The third-order valence-corrected chi connectivity index (χ3v) is 2.95. The van der Waals surface area contributed by atoms with E-state index in [-0.39, 0.29) is 17.9 Å². The average molecular weight is 280 g/mol. The SMILES string of the molecule is CC(C)(C)N(CCc1ccc(N)c([N+](=O)[O-])c1)C(=O)[O-]. The molecule has 0 fully saturated rings. The summed E-state index contributed by atoms with van der Waals surface area (Å²) in [5.41, 5.74) is 5.50. The summed E-state index contributed by atoms with van der Waals surface area (Å²) in [7, 11) is 0. The molecular formula is C13H18N3O4-. The lowest BCUT2D eigenvalue weighted by Gasteiger charge is -2.38. The van der Waals surface area contributed by atoms with E-state index in [2.05, 4.69) is 0 Å². The molecule has 1 aromatic rings. The number of amides is 1. The molecule has 0 radical (unpaired) electrons. The fraction of sp³-hybridized carbons (Fsp3) is 0.462. The molecule has 110 valence electrons. The van der Waals surface area contributed by atoms with Crippen LogP contribution in [0.5, 0.6) is 0 Å². The number of nitrogen functional groups attached to an aromatic ring is 1. The Hall–Kier alpha value is -2.31. The van der Waals surface area contributed by atoms with Gasteiger partial charge >= 0.3 is 0 Å². The largest absolute Gasteiger partial charge is 0.530 e. The first-order valence-corrected chi connectivity index (χ1v) is 6.14. The summed E-state index contributed by atoms with van der Waals surface area (Å²) < 4.78 is 0. The Balaban J connectivity index is 2.87. The Bertz CT molecular complexity index is 523. The highest BCUT2D eigenvalue weighted by atomic mass is 16.6. The van der Waals surface area contributed by atoms with Crippen molar-refractivity contribution < 1.29 is 14.8 Å². The molecule has 0 aliphatic carbocycles. The van der Waals surface area contributed by atoms with Crippen LogP contribution in [0.1, 0.15) is 26.3 Å². The van der Waals surface area contributed by atoms with Crippen molar-refractivity contribution in [3.8, 4) is 0 Å². The number of hydrogen-bond donors (Lipinski definition) is 1. The molecule has 7 heteroatoms. The second kappa shape index (κ2) is 5.77. The van der Waals surface area contributed by atoms with Crippen molar-refractivity contribution in [1.29, 1.82) is 0 Å². The molecule has 0 unspecified atom stereocenters. The number of carbonyl (C=O) groups excluding carboxylic acids is 1. The predicted octanol–water partition coefficient (Wildman–Crippen LogP) is 1.16. The van der Waals surface area contributed by atoms with E-state index in [0.717, 1.165) is 0 Å². The van der Waals surface area contributed by atoms with Crippen LogP contribution in [0.3, 0.4) is 0 Å². The smallest absolute Gasteiger partial charge is 0.292 e. The summed E-state index contributed by atoms with van der Waals surface area (Å²) in [5, 5.41) is 21.9. The van der Waals surface area contributed by atoms with Crippen molar-refractivity contribution in [3.63, 3.8) is 0 Å². The Kier molecular flexibility index (Phi) is 4.54. The van der Waals surface area contributed by atoms with E-state index < -0.39 is 16.6 Å². The molecule has 0 aliphatic rings. The molecule has 0 spiro atoms. The van der Waals surface area contributed by atoms with E-state index in [0.29, 0.717) is 12.0 Å². The van der Waals surface area contributed by atoms with E-state index in [1.54, 1.807) is 26.8 Å². The molecule has 0 atom stereocenters. The highest BCUT2D eigenvalue weighted by molar-refractivity contribution is 5.63. The standard InChI is InChI=1S/C13H19N3O4/c1-13(2,3)15(12(17)18)7-6-9-4-5-10(14)11(8-9)16(19)20/h4-5,8H,6-7,14H2,1-3H3,(H,17,18)/p-1. The lowest BCUT2D eigenvalue weighted by molar-refractivity contribution is -0.384. The van der Waals surface area contributed by atoms with Gasteiger partial charge in [-0.3, -0.25) is 10.1 Å². The van der Waals surface area contributed by atoms with Gasteiger partial charge in [-0.1, -0.05) is 6.07 Å². The van der Waals surface area contributed by atoms with Crippen LogP contribution in [0.4, 0.5) is 16.2 Å². The van der Waals surface area contributed by atoms with Crippen molar-refractivity contribution in [2.75, 3.05) is 12.3 Å². The molecule has 20 heavy (non-hydrogen) atoms. The number of rotatable bonds is 4. The first kappa shape index (κ1) is 15.7. The highest BCUT2D eigenvalue weighted by Gasteiger charge is 2.21. The van der Waals surface area contributed by atoms with Gasteiger partial charge in [0.15, 0.2) is 0 Å². The minimum atomic E-state index is -1.26. The lowest BCUT2D eigenvalue weighted by atomic mass is 10.0. The van der Waals surface area contributed by atoms with Gasteiger partial charge in [-0.15, -0.1) is 0 Å². The van der Waals surface area contributed by atoms with E-state index in [4.69, 9.17) is 5.73 Å². The monoisotopic (exact) mass is 280 g/mol. The molecule has 0 saturated heterocycles. The van der Waals surface area contributed by atoms with Gasteiger partial charge in [0.25, 0.3) is 5.69 Å². The number of benzene rings is 1. The normalized spacial score (nSPS) is 11.2. The molecule has 7 nitrogen and oxygen atoms in total. The Morgan fingerprint density at radius 3 is 2.45 bits per heavy atom. The third kappa shape index (κ3) is 3.84. The molecule has 0 heterocycles. The van der Waals surface area contributed by atoms with Crippen LogP contribution in [-0.4, -0.2) is 28.0 Å². The second-order valence-corrected chi connectivity index (χ2v) is 5.49. The quantitative estimate of drug-likeness (QED) is 0.505. The molecule has 1 rings (SSSR count). The number of nitrogens with two attached hydrogens (primary N) is 1. The third-order valence-electron chi connectivity index (χ3n) is 2.95. The number of carboxylic acid groups (broad SMARTS) is 1. The van der Waals surface area contributed by atoms with Crippen LogP contribution in [0.25, 0.3) is 0 Å². The Morgan fingerprint density at radius 2 is 2.00 bits per heavy atom. The van der Waals surface area contributed by atoms with Crippen LogP contribution in [0, 0.1) is 10.1 Å². The summed E-state index contributed by atoms with van der Waals surface area (Å²) in [6.07, 6.45) is -0.908. The first-order valence-electron chi connectivity index (χ1n) is 6.14. The summed E-state index contributed by atoms with van der Waals surface area (Å²) in [5.74, 6) is 0. The topological polar surface area (TPSA) is 113 Å². The predicted molar refractivity (Wildman–Crippen MR) is 73.1 cm³/mol. The highest BCUT2D eigenvalue weighted by Crippen LogP contribution is 2.23. The lowest BCUT2D eigenvalue weighted by Crippen LogP contribution is -2.52. The van der Waals surface area contributed by atoms with Crippen LogP contribution in [0.15, 0.2) is 18.2 Å². The van der Waals surface area contributed by atoms with Gasteiger partial charge < -0.3 is 20.5 Å².